The van der Waals surface area contributed by atoms with Crippen molar-refractivity contribution in [3.8, 4) is 11.3 Å². The number of alkyl halides is 2. The molecule has 0 aliphatic rings. The first-order chi connectivity index (χ1) is 13.4. The van der Waals surface area contributed by atoms with E-state index < -0.39 is 5.92 Å². The van der Waals surface area contributed by atoms with E-state index in [9.17, 15) is 13.6 Å². The van der Waals surface area contributed by atoms with E-state index in [1.165, 1.54) is 29.0 Å². The van der Waals surface area contributed by atoms with Crippen LogP contribution in [0.5, 0.6) is 0 Å². The van der Waals surface area contributed by atoms with Gasteiger partial charge in [0.2, 0.25) is 5.13 Å². The highest BCUT2D eigenvalue weighted by atomic mass is 32.1. The molecule has 1 N–H and O–H groups in total. The van der Waals surface area contributed by atoms with Crippen LogP contribution < -0.4 is 5.32 Å². The Balaban J connectivity index is 1.77. The molecule has 4 aromatic rings. The normalized spacial score (nSPS) is 11.5. The summed E-state index contributed by atoms with van der Waals surface area (Å²) in [4.78, 5) is 17.2. The molecule has 28 heavy (non-hydrogen) atoms. The number of hydrogen-bond donors (Lipinski definition) is 1. The van der Waals surface area contributed by atoms with E-state index in [1.54, 1.807) is 30.3 Å². The third-order valence-corrected chi connectivity index (χ3v) is 4.82. The van der Waals surface area contributed by atoms with Gasteiger partial charge in [-0.05, 0) is 18.2 Å². The quantitative estimate of drug-likeness (QED) is 0.520. The number of nitrogens with one attached hydrogen (secondary N) is 1. The second-order valence-corrected chi connectivity index (χ2v) is 7.07. The smallest absolute Gasteiger partial charge is 0.270 e. The first kappa shape index (κ1) is 18.1. The van der Waals surface area contributed by atoms with Crippen LogP contribution >= 0.6 is 11.3 Å². The highest BCUT2D eigenvalue weighted by Gasteiger charge is 2.24. The van der Waals surface area contributed by atoms with Crippen LogP contribution in [0.4, 0.5) is 13.9 Å². The summed E-state index contributed by atoms with van der Waals surface area (Å²) in [5.74, 6) is -3.31. The average Bonchev–Trinajstić information content (AvgIpc) is 3.19. The Bertz CT molecular complexity index is 1160. The summed E-state index contributed by atoms with van der Waals surface area (Å²) in [5, 5.41) is 11.3. The molecule has 5 nitrogen and oxygen atoms in total. The van der Waals surface area contributed by atoms with E-state index in [-0.39, 0.29) is 11.5 Å². The SMILES string of the molecule is CC(F)(F)c1cccc(-c2ccc3cccc(C(=O)Nc4nncs4)c3n2)c1. The highest BCUT2D eigenvalue weighted by molar-refractivity contribution is 7.13. The zero-order chi connectivity index (χ0) is 19.7. The Morgan fingerprint density at radius 3 is 2.68 bits per heavy atom. The maximum Gasteiger partial charge on any atom is 0.270 e. The zero-order valence-corrected chi connectivity index (χ0v) is 15.5. The second kappa shape index (κ2) is 7.05. The van der Waals surface area contributed by atoms with Gasteiger partial charge in [-0.2, -0.15) is 0 Å². The number of pyridine rings is 1. The van der Waals surface area contributed by atoms with E-state index in [1.807, 2.05) is 12.1 Å². The van der Waals surface area contributed by atoms with Gasteiger partial charge in [0.1, 0.15) is 5.51 Å². The molecular weight excluding hydrogens is 382 g/mol. The molecule has 2 aromatic carbocycles. The number of hydrogen-bond acceptors (Lipinski definition) is 5. The summed E-state index contributed by atoms with van der Waals surface area (Å²) >= 11 is 1.21. The van der Waals surface area contributed by atoms with Gasteiger partial charge in [0.15, 0.2) is 0 Å². The largest absolute Gasteiger partial charge is 0.296 e. The van der Waals surface area contributed by atoms with Gasteiger partial charge in [-0.25, -0.2) is 13.8 Å². The van der Waals surface area contributed by atoms with Gasteiger partial charge < -0.3 is 0 Å². The van der Waals surface area contributed by atoms with Crippen molar-refractivity contribution in [2.24, 2.45) is 0 Å². The number of carbonyl (C=O) groups is 1. The third kappa shape index (κ3) is 3.59. The molecule has 4 rings (SSSR count). The fraction of sp³-hybridized carbons (Fsp3) is 0.100. The Morgan fingerprint density at radius 1 is 1.11 bits per heavy atom. The molecule has 2 aromatic heterocycles. The van der Waals surface area contributed by atoms with E-state index in [2.05, 4.69) is 20.5 Å². The summed E-state index contributed by atoms with van der Waals surface area (Å²) in [6.07, 6.45) is 0. The molecule has 0 bridgehead atoms. The van der Waals surface area contributed by atoms with Crippen LogP contribution in [0.2, 0.25) is 0 Å². The van der Waals surface area contributed by atoms with Crippen LogP contribution in [0.3, 0.4) is 0 Å². The Labute approximate surface area is 163 Å². The first-order valence-corrected chi connectivity index (χ1v) is 9.26. The number of halogens is 2. The van der Waals surface area contributed by atoms with Crippen molar-refractivity contribution in [1.29, 1.82) is 0 Å². The number of anilines is 1. The standard InChI is InChI=1S/C20H14F2N4OS/c1-20(21,22)14-6-2-5-13(10-14)16-9-8-12-4-3-7-15(17(12)24-16)18(27)25-19-26-23-11-28-19/h2-11H,1H3,(H,25,26,27). The minimum atomic E-state index is -2.94. The zero-order valence-electron chi connectivity index (χ0n) is 14.7. The summed E-state index contributed by atoms with van der Waals surface area (Å²) in [5.41, 5.74) is 3.34. The molecule has 0 unspecified atom stereocenters. The van der Waals surface area contributed by atoms with E-state index >= 15 is 0 Å². The van der Waals surface area contributed by atoms with Gasteiger partial charge in [0, 0.05) is 23.4 Å². The summed E-state index contributed by atoms with van der Waals surface area (Å²) in [6.45, 7) is 0.857. The highest BCUT2D eigenvalue weighted by Crippen LogP contribution is 2.31. The Kier molecular flexibility index (Phi) is 4.56. The van der Waals surface area contributed by atoms with E-state index in [4.69, 9.17) is 0 Å². The maximum atomic E-state index is 13.7. The lowest BCUT2D eigenvalue weighted by atomic mass is 10.0. The lowest BCUT2D eigenvalue weighted by molar-refractivity contribution is 0.0175. The molecule has 1 amide bonds. The van der Waals surface area contributed by atoms with Gasteiger partial charge in [0.25, 0.3) is 11.8 Å². The summed E-state index contributed by atoms with van der Waals surface area (Å²) in [6, 6.07) is 14.9. The molecule has 0 spiro atoms. The summed E-state index contributed by atoms with van der Waals surface area (Å²) < 4.78 is 27.3. The van der Waals surface area contributed by atoms with Gasteiger partial charge in [0.05, 0.1) is 16.8 Å². The Morgan fingerprint density at radius 2 is 1.93 bits per heavy atom. The van der Waals surface area contributed by atoms with Crippen LogP contribution in [0.1, 0.15) is 22.8 Å². The number of aromatic nitrogens is 3. The fourth-order valence-electron chi connectivity index (χ4n) is 2.83. The first-order valence-electron chi connectivity index (χ1n) is 8.38. The summed E-state index contributed by atoms with van der Waals surface area (Å²) in [7, 11) is 0. The van der Waals surface area contributed by atoms with Crippen molar-refractivity contribution in [3.05, 3.63) is 71.2 Å². The fourth-order valence-corrected chi connectivity index (χ4v) is 3.27. The molecule has 8 heteroatoms. The topological polar surface area (TPSA) is 67.8 Å². The van der Waals surface area contributed by atoms with Crippen LogP contribution in [-0.2, 0) is 5.92 Å². The van der Waals surface area contributed by atoms with Crippen LogP contribution in [0.15, 0.2) is 60.1 Å². The molecule has 0 saturated carbocycles. The molecule has 140 valence electrons. The average molecular weight is 396 g/mol. The number of amides is 1. The van der Waals surface area contributed by atoms with Crippen molar-refractivity contribution >= 4 is 33.3 Å². The third-order valence-electron chi connectivity index (χ3n) is 4.21. The predicted octanol–water partition coefficient (Wildman–Crippen LogP) is 5.12. The number of benzene rings is 2. The van der Waals surface area contributed by atoms with Gasteiger partial charge in [-0.3, -0.25) is 10.1 Å². The Hall–Kier alpha value is -3.26. The molecule has 2 heterocycles. The molecule has 0 fully saturated rings. The molecule has 0 aliphatic carbocycles. The van der Waals surface area contributed by atoms with Crippen molar-refractivity contribution < 1.29 is 13.6 Å². The van der Waals surface area contributed by atoms with Gasteiger partial charge in [-0.1, -0.05) is 47.7 Å². The number of carbonyl (C=O) groups excluding carboxylic acids is 1. The molecule has 0 aliphatic heterocycles. The van der Waals surface area contributed by atoms with Crippen LogP contribution in [0, 0.1) is 0 Å². The number of nitrogens with zero attached hydrogens (tertiary/aromatic N) is 3. The number of fused-ring (bicyclic) bond motifs is 1. The van der Waals surface area contributed by atoms with E-state index in [0.29, 0.717) is 27.5 Å². The molecule has 0 saturated heterocycles. The monoisotopic (exact) mass is 396 g/mol. The van der Waals surface area contributed by atoms with Gasteiger partial charge >= 0.3 is 0 Å². The second-order valence-electron chi connectivity index (χ2n) is 6.24. The van der Waals surface area contributed by atoms with Crippen molar-refractivity contribution in [1.82, 2.24) is 15.2 Å². The predicted molar refractivity (Wildman–Crippen MR) is 105 cm³/mol. The number of para-hydroxylation sites is 1. The lowest BCUT2D eigenvalue weighted by Crippen LogP contribution is -2.12. The van der Waals surface area contributed by atoms with Gasteiger partial charge in [-0.15, -0.1) is 10.2 Å². The van der Waals surface area contributed by atoms with Crippen molar-refractivity contribution in [3.63, 3.8) is 0 Å². The van der Waals surface area contributed by atoms with E-state index in [0.717, 1.165) is 12.3 Å². The number of rotatable bonds is 4. The minimum absolute atomic E-state index is 0.0887. The molecular formula is C20H14F2N4OS. The lowest BCUT2D eigenvalue weighted by Gasteiger charge is -2.12. The molecule has 0 radical (unpaired) electrons. The van der Waals surface area contributed by atoms with Crippen LogP contribution in [0.25, 0.3) is 22.2 Å². The van der Waals surface area contributed by atoms with Crippen LogP contribution in [-0.4, -0.2) is 21.1 Å². The van der Waals surface area contributed by atoms with Crippen molar-refractivity contribution in [2.45, 2.75) is 12.8 Å². The maximum absolute atomic E-state index is 13.7. The van der Waals surface area contributed by atoms with Crippen molar-refractivity contribution in [2.75, 3.05) is 5.32 Å². The molecule has 0 atom stereocenters. The minimum Gasteiger partial charge on any atom is -0.296 e.